The number of pyridine rings is 1. The number of nitrogens with zero attached hydrogens (tertiary/aromatic N) is 2. The molecule has 2 saturated heterocycles. The first-order valence-corrected chi connectivity index (χ1v) is 8.49. The number of rotatable bonds is 4. The van der Waals surface area contributed by atoms with Gasteiger partial charge in [-0.1, -0.05) is 18.9 Å². The minimum atomic E-state index is -0.383. The molecule has 6 nitrogen and oxygen atoms in total. The van der Waals surface area contributed by atoms with Crippen LogP contribution in [0.2, 0.25) is 0 Å². The molecule has 2 amide bonds. The van der Waals surface area contributed by atoms with Gasteiger partial charge in [-0.15, -0.1) is 0 Å². The maximum Gasteiger partial charge on any atom is 0.242 e. The average Bonchev–Trinajstić information content (AvgIpc) is 2.84. The first-order valence-electron chi connectivity index (χ1n) is 8.49. The molecule has 0 saturated carbocycles. The van der Waals surface area contributed by atoms with Gasteiger partial charge in [-0.3, -0.25) is 9.59 Å². The SMILES string of the molecule is O=C1CC[C@@H](C(=O)NCc2ccc(N3CCCCCC3)nc2)N1. The molecule has 0 radical (unpaired) electrons. The molecule has 23 heavy (non-hydrogen) atoms. The number of nitrogens with one attached hydrogen (secondary N) is 2. The van der Waals surface area contributed by atoms with E-state index < -0.39 is 0 Å². The smallest absolute Gasteiger partial charge is 0.242 e. The highest BCUT2D eigenvalue weighted by molar-refractivity contribution is 5.90. The number of aromatic nitrogens is 1. The summed E-state index contributed by atoms with van der Waals surface area (Å²) in [6.07, 6.45) is 7.91. The highest BCUT2D eigenvalue weighted by atomic mass is 16.2. The maximum atomic E-state index is 12.0. The fourth-order valence-electron chi connectivity index (χ4n) is 3.13. The van der Waals surface area contributed by atoms with Gasteiger partial charge in [0.2, 0.25) is 11.8 Å². The van der Waals surface area contributed by atoms with Gasteiger partial charge in [-0.2, -0.15) is 0 Å². The van der Waals surface area contributed by atoms with Crippen molar-refractivity contribution < 1.29 is 9.59 Å². The van der Waals surface area contributed by atoms with E-state index in [0.717, 1.165) is 24.5 Å². The lowest BCUT2D eigenvalue weighted by atomic mass is 10.2. The van der Waals surface area contributed by atoms with E-state index in [1.165, 1.54) is 25.7 Å². The molecule has 3 rings (SSSR count). The largest absolute Gasteiger partial charge is 0.357 e. The van der Waals surface area contributed by atoms with Crippen LogP contribution in [0.5, 0.6) is 0 Å². The van der Waals surface area contributed by atoms with Crippen LogP contribution < -0.4 is 15.5 Å². The zero-order chi connectivity index (χ0) is 16.1. The summed E-state index contributed by atoms with van der Waals surface area (Å²) in [5, 5.41) is 5.54. The van der Waals surface area contributed by atoms with E-state index in [-0.39, 0.29) is 17.9 Å². The van der Waals surface area contributed by atoms with Crippen molar-refractivity contribution >= 4 is 17.6 Å². The quantitative estimate of drug-likeness (QED) is 0.879. The van der Waals surface area contributed by atoms with Crippen LogP contribution in [-0.2, 0) is 16.1 Å². The maximum absolute atomic E-state index is 12.0. The van der Waals surface area contributed by atoms with Gasteiger partial charge in [-0.25, -0.2) is 4.98 Å². The third-order valence-corrected chi connectivity index (χ3v) is 4.52. The molecule has 2 aliphatic heterocycles. The van der Waals surface area contributed by atoms with Crippen molar-refractivity contribution in [2.75, 3.05) is 18.0 Å². The van der Waals surface area contributed by atoms with E-state index in [1.807, 2.05) is 18.3 Å². The molecule has 0 aromatic carbocycles. The fourth-order valence-corrected chi connectivity index (χ4v) is 3.13. The molecule has 3 heterocycles. The van der Waals surface area contributed by atoms with E-state index in [0.29, 0.717) is 19.4 Å². The number of amides is 2. The predicted octanol–water partition coefficient (Wildman–Crippen LogP) is 1.36. The Labute approximate surface area is 136 Å². The lowest BCUT2D eigenvalue weighted by molar-refractivity contribution is -0.125. The second-order valence-electron chi connectivity index (χ2n) is 6.30. The van der Waals surface area contributed by atoms with Gasteiger partial charge in [0.15, 0.2) is 0 Å². The van der Waals surface area contributed by atoms with E-state index in [1.54, 1.807) is 0 Å². The molecule has 0 bridgehead atoms. The summed E-state index contributed by atoms with van der Waals surface area (Å²) in [5.41, 5.74) is 0.973. The molecule has 1 aromatic rings. The van der Waals surface area contributed by atoms with Gasteiger partial charge < -0.3 is 15.5 Å². The molecular formula is C17H24N4O2. The molecule has 1 aromatic heterocycles. The van der Waals surface area contributed by atoms with Crippen LogP contribution in [0.1, 0.15) is 44.1 Å². The summed E-state index contributed by atoms with van der Waals surface area (Å²) in [7, 11) is 0. The molecule has 6 heteroatoms. The normalized spacial score (nSPS) is 21.7. The number of carbonyl (C=O) groups excluding carboxylic acids is 2. The summed E-state index contributed by atoms with van der Waals surface area (Å²) in [4.78, 5) is 30.0. The van der Waals surface area contributed by atoms with Crippen molar-refractivity contribution in [2.45, 2.75) is 51.1 Å². The Morgan fingerprint density at radius 1 is 1.26 bits per heavy atom. The van der Waals surface area contributed by atoms with Crippen molar-refractivity contribution in [2.24, 2.45) is 0 Å². The molecule has 0 spiro atoms. The van der Waals surface area contributed by atoms with Crippen LogP contribution in [0.4, 0.5) is 5.82 Å². The molecule has 0 unspecified atom stereocenters. The fraction of sp³-hybridized carbons (Fsp3) is 0.588. The van der Waals surface area contributed by atoms with Crippen LogP contribution in [0.25, 0.3) is 0 Å². The molecule has 0 aliphatic carbocycles. The summed E-state index contributed by atoms with van der Waals surface area (Å²) >= 11 is 0. The summed E-state index contributed by atoms with van der Waals surface area (Å²) in [6.45, 7) is 2.59. The van der Waals surface area contributed by atoms with Crippen molar-refractivity contribution in [3.63, 3.8) is 0 Å². The first-order chi connectivity index (χ1) is 11.2. The second kappa shape index (κ2) is 7.44. The van der Waals surface area contributed by atoms with E-state index in [4.69, 9.17) is 0 Å². The van der Waals surface area contributed by atoms with Crippen molar-refractivity contribution in [3.8, 4) is 0 Å². The zero-order valence-electron chi connectivity index (χ0n) is 13.4. The van der Waals surface area contributed by atoms with Gasteiger partial charge in [-0.05, 0) is 30.9 Å². The van der Waals surface area contributed by atoms with Crippen LogP contribution in [-0.4, -0.2) is 35.9 Å². The second-order valence-corrected chi connectivity index (χ2v) is 6.30. The molecular weight excluding hydrogens is 292 g/mol. The lowest BCUT2D eigenvalue weighted by Crippen LogP contribution is -2.41. The Morgan fingerprint density at radius 2 is 2.04 bits per heavy atom. The van der Waals surface area contributed by atoms with Crippen molar-refractivity contribution in [1.82, 2.24) is 15.6 Å². The van der Waals surface area contributed by atoms with Crippen LogP contribution in [0, 0.1) is 0 Å². The Balaban J connectivity index is 1.51. The minimum absolute atomic E-state index is 0.0476. The first kappa shape index (κ1) is 15.8. The van der Waals surface area contributed by atoms with Crippen LogP contribution in [0.3, 0.4) is 0 Å². The summed E-state index contributed by atoms with van der Waals surface area (Å²) in [6, 6.07) is 3.66. The molecule has 124 valence electrons. The van der Waals surface area contributed by atoms with Crippen LogP contribution in [0.15, 0.2) is 18.3 Å². The van der Waals surface area contributed by atoms with E-state index >= 15 is 0 Å². The summed E-state index contributed by atoms with van der Waals surface area (Å²) in [5.74, 6) is 0.853. The molecule has 2 fully saturated rings. The van der Waals surface area contributed by atoms with Crippen molar-refractivity contribution in [1.29, 1.82) is 0 Å². The Hall–Kier alpha value is -2.11. The average molecular weight is 316 g/mol. The third kappa shape index (κ3) is 4.21. The molecule has 2 aliphatic rings. The van der Waals surface area contributed by atoms with E-state index in [2.05, 4.69) is 20.5 Å². The third-order valence-electron chi connectivity index (χ3n) is 4.52. The topological polar surface area (TPSA) is 74.3 Å². The van der Waals surface area contributed by atoms with Crippen molar-refractivity contribution in [3.05, 3.63) is 23.9 Å². The number of carbonyl (C=O) groups is 2. The Kier molecular flexibility index (Phi) is 5.10. The minimum Gasteiger partial charge on any atom is -0.357 e. The molecule has 2 N–H and O–H groups in total. The highest BCUT2D eigenvalue weighted by Crippen LogP contribution is 2.17. The van der Waals surface area contributed by atoms with Crippen LogP contribution >= 0.6 is 0 Å². The highest BCUT2D eigenvalue weighted by Gasteiger charge is 2.26. The number of anilines is 1. The lowest BCUT2D eigenvalue weighted by Gasteiger charge is -2.21. The van der Waals surface area contributed by atoms with Gasteiger partial charge in [0, 0.05) is 32.3 Å². The Bertz CT molecular complexity index is 550. The zero-order valence-corrected chi connectivity index (χ0v) is 13.4. The van der Waals surface area contributed by atoms with Gasteiger partial charge in [0.25, 0.3) is 0 Å². The Morgan fingerprint density at radius 3 is 2.65 bits per heavy atom. The summed E-state index contributed by atoms with van der Waals surface area (Å²) < 4.78 is 0. The van der Waals surface area contributed by atoms with Gasteiger partial charge in [0.05, 0.1) is 0 Å². The van der Waals surface area contributed by atoms with Gasteiger partial charge in [0.1, 0.15) is 11.9 Å². The predicted molar refractivity (Wildman–Crippen MR) is 87.9 cm³/mol. The number of hydrogen-bond acceptors (Lipinski definition) is 4. The monoisotopic (exact) mass is 316 g/mol. The van der Waals surface area contributed by atoms with Gasteiger partial charge >= 0.3 is 0 Å². The number of hydrogen-bond donors (Lipinski definition) is 2. The molecule has 1 atom stereocenters. The van der Waals surface area contributed by atoms with E-state index in [9.17, 15) is 9.59 Å². The standard InChI is InChI=1S/C17H24N4O2/c22-16-8-6-14(20-16)17(23)19-12-13-5-7-15(18-11-13)21-9-3-1-2-4-10-21/h5,7,11,14H,1-4,6,8-10,12H2,(H,19,23)(H,20,22)/t14-/m0/s1.